The summed E-state index contributed by atoms with van der Waals surface area (Å²) in [4.78, 5) is 21.9. The first-order valence-corrected chi connectivity index (χ1v) is 8.24. The molecule has 3 rings (SSSR count). The van der Waals surface area contributed by atoms with Crippen molar-refractivity contribution in [2.24, 2.45) is 0 Å². The molecule has 0 atom stereocenters. The molecule has 7 heteroatoms. The van der Waals surface area contributed by atoms with E-state index in [4.69, 9.17) is 16.3 Å². The monoisotopic (exact) mass is 347 g/mol. The second kappa shape index (κ2) is 6.52. The zero-order chi connectivity index (χ0) is 16.4. The number of carbonyl (C=O) groups is 1. The number of esters is 1. The van der Waals surface area contributed by atoms with Crippen molar-refractivity contribution < 1.29 is 9.53 Å². The van der Waals surface area contributed by atoms with Crippen LogP contribution in [0.3, 0.4) is 0 Å². The van der Waals surface area contributed by atoms with Crippen LogP contribution in [0.5, 0.6) is 0 Å². The van der Waals surface area contributed by atoms with Gasteiger partial charge >= 0.3 is 5.97 Å². The third-order valence-electron chi connectivity index (χ3n) is 3.31. The van der Waals surface area contributed by atoms with Gasteiger partial charge in [-0.1, -0.05) is 23.7 Å². The number of halogens is 1. The fraction of sp³-hybridized carbons (Fsp3) is 0.188. The molecule has 0 bridgehead atoms. The molecular formula is C16H14ClN3O2S. The van der Waals surface area contributed by atoms with Gasteiger partial charge in [0, 0.05) is 0 Å². The number of carbonyl (C=O) groups excluding carboxylic acids is 1. The van der Waals surface area contributed by atoms with Gasteiger partial charge in [-0.2, -0.15) is 0 Å². The standard InChI is InChI=1S/C16H14ClN3O2S/c1-3-22-16(21)13-9(2)12-14(18-8-19-15(12)23-13)20-11-7-5-4-6-10(11)17/h4-8H,3H2,1-2H3,(H,18,19,20). The van der Waals surface area contributed by atoms with Crippen molar-refractivity contribution in [3.63, 3.8) is 0 Å². The van der Waals surface area contributed by atoms with Gasteiger partial charge in [-0.15, -0.1) is 11.3 Å². The van der Waals surface area contributed by atoms with E-state index < -0.39 is 0 Å². The molecule has 0 unspecified atom stereocenters. The molecule has 1 aromatic carbocycles. The van der Waals surface area contributed by atoms with Crippen LogP contribution in [0, 0.1) is 6.92 Å². The second-order valence-electron chi connectivity index (χ2n) is 4.78. The first kappa shape index (κ1) is 15.7. The topological polar surface area (TPSA) is 64.1 Å². The number of anilines is 2. The lowest BCUT2D eigenvalue weighted by molar-refractivity contribution is 0.0531. The second-order valence-corrected chi connectivity index (χ2v) is 6.19. The highest BCUT2D eigenvalue weighted by Gasteiger charge is 2.20. The fourth-order valence-electron chi connectivity index (χ4n) is 2.25. The molecule has 2 heterocycles. The first-order valence-electron chi connectivity index (χ1n) is 7.04. The minimum absolute atomic E-state index is 0.336. The van der Waals surface area contributed by atoms with Crippen molar-refractivity contribution in [2.75, 3.05) is 11.9 Å². The van der Waals surface area contributed by atoms with Crippen molar-refractivity contribution in [1.29, 1.82) is 0 Å². The van der Waals surface area contributed by atoms with E-state index in [2.05, 4.69) is 15.3 Å². The van der Waals surface area contributed by atoms with Crippen molar-refractivity contribution in [3.8, 4) is 0 Å². The molecule has 0 aliphatic heterocycles. The maximum absolute atomic E-state index is 12.1. The number of thiophene rings is 1. The van der Waals surface area contributed by atoms with Crippen LogP contribution in [0.15, 0.2) is 30.6 Å². The predicted molar refractivity (Wildman–Crippen MR) is 92.8 cm³/mol. The SMILES string of the molecule is CCOC(=O)c1sc2ncnc(Nc3ccccc3Cl)c2c1C. The lowest BCUT2D eigenvalue weighted by atomic mass is 10.2. The largest absolute Gasteiger partial charge is 0.462 e. The lowest BCUT2D eigenvalue weighted by Crippen LogP contribution is -2.03. The lowest BCUT2D eigenvalue weighted by Gasteiger charge is -2.08. The van der Waals surface area contributed by atoms with Crippen LogP contribution >= 0.6 is 22.9 Å². The molecule has 0 aliphatic carbocycles. The number of aryl methyl sites for hydroxylation is 1. The number of para-hydroxylation sites is 1. The Bertz CT molecular complexity index is 879. The molecule has 0 fully saturated rings. The van der Waals surface area contributed by atoms with E-state index in [9.17, 15) is 4.79 Å². The Labute approximate surface area is 142 Å². The number of benzene rings is 1. The summed E-state index contributed by atoms with van der Waals surface area (Å²) >= 11 is 7.49. The highest BCUT2D eigenvalue weighted by atomic mass is 35.5. The Hall–Kier alpha value is -2.18. The van der Waals surface area contributed by atoms with Gasteiger partial charge in [-0.3, -0.25) is 0 Å². The van der Waals surface area contributed by atoms with Gasteiger partial charge < -0.3 is 10.1 Å². The predicted octanol–water partition coefficient (Wildman–Crippen LogP) is 4.57. The van der Waals surface area contributed by atoms with Crippen LogP contribution in [-0.2, 0) is 4.74 Å². The van der Waals surface area contributed by atoms with Gasteiger partial charge in [-0.05, 0) is 31.5 Å². The van der Waals surface area contributed by atoms with Crippen molar-refractivity contribution in [3.05, 3.63) is 46.1 Å². The number of fused-ring (bicyclic) bond motifs is 1. The summed E-state index contributed by atoms with van der Waals surface area (Å²) in [5, 5.41) is 4.61. The summed E-state index contributed by atoms with van der Waals surface area (Å²) in [6.45, 7) is 3.99. The highest BCUT2D eigenvalue weighted by Crippen LogP contribution is 2.35. The molecule has 0 radical (unpaired) electrons. The molecule has 0 amide bonds. The van der Waals surface area contributed by atoms with E-state index in [1.807, 2.05) is 25.1 Å². The molecule has 118 valence electrons. The van der Waals surface area contributed by atoms with Crippen LogP contribution in [0.1, 0.15) is 22.2 Å². The van der Waals surface area contributed by atoms with E-state index in [1.165, 1.54) is 17.7 Å². The minimum Gasteiger partial charge on any atom is -0.462 e. The van der Waals surface area contributed by atoms with Gasteiger partial charge in [0.2, 0.25) is 0 Å². The van der Waals surface area contributed by atoms with Crippen molar-refractivity contribution >= 4 is 50.6 Å². The van der Waals surface area contributed by atoms with Gasteiger partial charge in [0.1, 0.15) is 21.9 Å². The van der Waals surface area contributed by atoms with E-state index in [0.29, 0.717) is 22.3 Å². The third-order valence-corrected chi connectivity index (χ3v) is 4.82. The maximum Gasteiger partial charge on any atom is 0.348 e. The molecule has 5 nitrogen and oxygen atoms in total. The Balaban J connectivity index is 2.08. The van der Waals surface area contributed by atoms with E-state index >= 15 is 0 Å². The summed E-state index contributed by atoms with van der Waals surface area (Å²) in [6.07, 6.45) is 1.46. The van der Waals surface area contributed by atoms with Crippen LogP contribution in [0.4, 0.5) is 11.5 Å². The average Bonchev–Trinajstić information content (AvgIpc) is 2.88. The summed E-state index contributed by atoms with van der Waals surface area (Å²) in [5.41, 5.74) is 1.55. The summed E-state index contributed by atoms with van der Waals surface area (Å²) < 4.78 is 5.10. The molecule has 2 aromatic heterocycles. The number of hydrogen-bond acceptors (Lipinski definition) is 6. The van der Waals surface area contributed by atoms with Crippen LogP contribution in [0.2, 0.25) is 5.02 Å². The number of aromatic nitrogens is 2. The van der Waals surface area contributed by atoms with Gasteiger partial charge in [0.25, 0.3) is 0 Å². The van der Waals surface area contributed by atoms with Crippen molar-refractivity contribution in [2.45, 2.75) is 13.8 Å². The molecule has 0 aliphatic rings. The van der Waals surface area contributed by atoms with Gasteiger partial charge in [-0.25, -0.2) is 14.8 Å². The Kier molecular flexibility index (Phi) is 4.45. The molecule has 0 spiro atoms. The number of nitrogens with zero attached hydrogens (tertiary/aromatic N) is 2. The van der Waals surface area contributed by atoms with Gasteiger partial charge in [0.05, 0.1) is 22.7 Å². The quantitative estimate of drug-likeness (QED) is 0.700. The zero-order valence-electron chi connectivity index (χ0n) is 12.6. The Morgan fingerprint density at radius 1 is 1.35 bits per heavy atom. The van der Waals surface area contributed by atoms with E-state index in [-0.39, 0.29) is 5.97 Å². The molecule has 3 aromatic rings. The van der Waals surface area contributed by atoms with Crippen LogP contribution < -0.4 is 5.32 Å². The Morgan fingerprint density at radius 3 is 2.87 bits per heavy atom. The molecule has 23 heavy (non-hydrogen) atoms. The van der Waals surface area contributed by atoms with Gasteiger partial charge in [0.15, 0.2) is 0 Å². The van der Waals surface area contributed by atoms with E-state index in [0.717, 1.165) is 21.5 Å². The first-order chi connectivity index (χ1) is 11.1. The number of rotatable bonds is 4. The molecule has 0 saturated carbocycles. The average molecular weight is 348 g/mol. The minimum atomic E-state index is -0.336. The van der Waals surface area contributed by atoms with Crippen LogP contribution in [0.25, 0.3) is 10.2 Å². The fourth-order valence-corrected chi connectivity index (χ4v) is 3.47. The normalized spacial score (nSPS) is 10.7. The number of hydrogen-bond donors (Lipinski definition) is 1. The molecular weight excluding hydrogens is 334 g/mol. The summed E-state index contributed by atoms with van der Waals surface area (Å²) in [5.74, 6) is 0.282. The van der Waals surface area contributed by atoms with Crippen LogP contribution in [-0.4, -0.2) is 22.5 Å². The van der Waals surface area contributed by atoms with Crippen molar-refractivity contribution in [1.82, 2.24) is 9.97 Å². The summed E-state index contributed by atoms with van der Waals surface area (Å²) in [7, 11) is 0. The zero-order valence-corrected chi connectivity index (χ0v) is 14.2. The maximum atomic E-state index is 12.1. The molecule has 1 N–H and O–H groups in total. The number of nitrogens with one attached hydrogen (secondary N) is 1. The molecule has 0 saturated heterocycles. The third kappa shape index (κ3) is 3.00. The highest BCUT2D eigenvalue weighted by molar-refractivity contribution is 7.20. The smallest absolute Gasteiger partial charge is 0.348 e. The Morgan fingerprint density at radius 2 is 2.13 bits per heavy atom. The number of ether oxygens (including phenoxy) is 1. The summed E-state index contributed by atoms with van der Waals surface area (Å²) in [6, 6.07) is 7.41. The van der Waals surface area contributed by atoms with E-state index in [1.54, 1.807) is 13.0 Å².